The van der Waals surface area contributed by atoms with Gasteiger partial charge in [0, 0.05) is 17.7 Å². The third-order valence-electron chi connectivity index (χ3n) is 3.00. The van der Waals surface area contributed by atoms with Crippen LogP contribution in [0.3, 0.4) is 0 Å². The molecule has 11 heteroatoms. The summed E-state index contributed by atoms with van der Waals surface area (Å²) in [5, 5.41) is 28.5. The first kappa shape index (κ1) is 22.6. The van der Waals surface area contributed by atoms with Gasteiger partial charge in [-0.05, 0) is 0 Å². The molecule has 9 nitrogen and oxygen atoms in total. The van der Waals surface area contributed by atoms with Crippen LogP contribution in [-0.2, 0) is 10.4 Å². The van der Waals surface area contributed by atoms with Crippen LogP contribution in [0, 0.1) is 0 Å². The molecule has 0 unspecified atom stereocenters. The summed E-state index contributed by atoms with van der Waals surface area (Å²) < 4.78 is 37.1. The molecule has 2 aromatic carbocycles. The number of phenolic OH excluding ortho intramolecular Hbond substituents is 3. The van der Waals surface area contributed by atoms with Crippen molar-refractivity contribution in [2.75, 3.05) is 0 Å². The monoisotopic (exact) mass is 408 g/mol. The van der Waals surface area contributed by atoms with E-state index < -0.39 is 33.1 Å². The second-order valence-electron chi connectivity index (χ2n) is 4.75. The molecule has 0 aliphatic carbocycles. The molecule has 1 aromatic heterocycles. The Balaban J connectivity index is 0.000000501. The van der Waals surface area contributed by atoms with Gasteiger partial charge in [-0.25, -0.2) is 0 Å². The van der Waals surface area contributed by atoms with Crippen LogP contribution in [0.4, 0.5) is 0 Å². The SMILES string of the molecule is O=S(=O)(O)O.O=c1cc(-c2ccccc2)oc2cc(O)c(O)c(O)c12.[KH]. The maximum absolute atomic E-state index is 12.0. The molecule has 0 saturated heterocycles. The van der Waals surface area contributed by atoms with Gasteiger partial charge in [0.1, 0.15) is 16.7 Å². The van der Waals surface area contributed by atoms with Crippen molar-refractivity contribution in [2.45, 2.75) is 0 Å². The Morgan fingerprint density at radius 3 is 1.96 bits per heavy atom. The molecule has 1 heterocycles. The molecule has 0 amide bonds. The van der Waals surface area contributed by atoms with Gasteiger partial charge in [-0.3, -0.25) is 13.9 Å². The van der Waals surface area contributed by atoms with Gasteiger partial charge >= 0.3 is 61.8 Å². The first-order valence-corrected chi connectivity index (χ1v) is 7.94. The Labute approximate surface area is 189 Å². The van der Waals surface area contributed by atoms with Crippen LogP contribution >= 0.6 is 0 Å². The Hall–Kier alpha value is -1.44. The van der Waals surface area contributed by atoms with Gasteiger partial charge in [-0.1, -0.05) is 30.3 Å². The fraction of sp³-hybridized carbons (Fsp3) is 0. The summed E-state index contributed by atoms with van der Waals surface area (Å²) in [6.07, 6.45) is 0. The molecule has 3 rings (SSSR count). The van der Waals surface area contributed by atoms with E-state index >= 15 is 0 Å². The van der Waals surface area contributed by atoms with Crippen LogP contribution in [0.5, 0.6) is 17.2 Å². The molecule has 3 aromatic rings. The molecule has 26 heavy (non-hydrogen) atoms. The summed E-state index contributed by atoms with van der Waals surface area (Å²) in [6.45, 7) is 0. The standard InChI is InChI=1S/C15H10O5.K.H2O4S.H/c16-9-6-11(8-4-2-1-3-5-8)20-12-7-10(17)14(18)15(19)13(9)12;;1-5(2,3)4;/h1-7,17-19H;;(H2,1,2,3,4);. The molecule has 0 aliphatic heterocycles. The molecule has 0 fully saturated rings. The van der Waals surface area contributed by atoms with Crippen LogP contribution in [0.25, 0.3) is 22.3 Å². The van der Waals surface area contributed by atoms with Gasteiger partial charge < -0.3 is 19.7 Å². The Morgan fingerprint density at radius 1 is 0.885 bits per heavy atom. The fourth-order valence-electron chi connectivity index (χ4n) is 2.02. The summed E-state index contributed by atoms with van der Waals surface area (Å²) in [7, 11) is -4.67. The first-order valence-electron chi connectivity index (χ1n) is 6.55. The third-order valence-corrected chi connectivity index (χ3v) is 3.00. The van der Waals surface area contributed by atoms with Crippen molar-refractivity contribution in [3.05, 3.63) is 52.7 Å². The van der Waals surface area contributed by atoms with Gasteiger partial charge in [0.05, 0.1) is 0 Å². The molecule has 134 valence electrons. The van der Waals surface area contributed by atoms with Gasteiger partial charge in [0.25, 0.3) is 0 Å². The van der Waals surface area contributed by atoms with Crippen LogP contribution in [0.1, 0.15) is 0 Å². The van der Waals surface area contributed by atoms with Crippen molar-refractivity contribution in [1.82, 2.24) is 0 Å². The quantitative estimate of drug-likeness (QED) is 0.226. The molecule has 0 spiro atoms. The van der Waals surface area contributed by atoms with Crippen LogP contribution in [0.2, 0.25) is 0 Å². The van der Waals surface area contributed by atoms with E-state index in [4.69, 9.17) is 21.9 Å². The van der Waals surface area contributed by atoms with E-state index in [1.807, 2.05) is 6.07 Å². The normalized spacial score (nSPS) is 10.5. The number of hydrogen-bond donors (Lipinski definition) is 5. The van der Waals surface area contributed by atoms with E-state index in [9.17, 15) is 20.1 Å². The van der Waals surface area contributed by atoms with Crippen LogP contribution < -0.4 is 5.43 Å². The zero-order valence-electron chi connectivity index (χ0n) is 12.3. The topological polar surface area (TPSA) is 166 Å². The van der Waals surface area contributed by atoms with Gasteiger partial charge in [0.2, 0.25) is 5.75 Å². The van der Waals surface area contributed by atoms with Gasteiger partial charge in [-0.2, -0.15) is 8.42 Å². The molecular weight excluding hydrogens is 395 g/mol. The van der Waals surface area contributed by atoms with Crippen LogP contribution in [0.15, 0.2) is 51.7 Å². The van der Waals surface area contributed by atoms with Gasteiger partial charge in [-0.15, -0.1) is 0 Å². The van der Waals surface area contributed by atoms with Gasteiger partial charge in [0.15, 0.2) is 16.9 Å². The van der Waals surface area contributed by atoms with Crippen molar-refractivity contribution < 1.29 is 37.3 Å². The van der Waals surface area contributed by atoms with Crippen molar-refractivity contribution in [2.24, 2.45) is 0 Å². The fourth-order valence-corrected chi connectivity index (χ4v) is 2.02. The second-order valence-corrected chi connectivity index (χ2v) is 5.65. The molecule has 5 N–H and O–H groups in total. The number of hydrogen-bond acceptors (Lipinski definition) is 7. The van der Waals surface area contributed by atoms with Crippen molar-refractivity contribution in [1.29, 1.82) is 0 Å². The Kier molecular flexibility index (Phi) is 7.79. The molecule has 0 radical (unpaired) electrons. The molecule has 0 aliphatic rings. The summed E-state index contributed by atoms with van der Waals surface area (Å²) in [6, 6.07) is 11.3. The zero-order valence-corrected chi connectivity index (χ0v) is 13.1. The number of fused-ring (bicyclic) bond motifs is 1. The van der Waals surface area contributed by atoms with Crippen molar-refractivity contribution >= 4 is 72.8 Å². The summed E-state index contributed by atoms with van der Waals surface area (Å²) in [5.41, 5.74) is 0.195. The zero-order chi connectivity index (χ0) is 18.8. The summed E-state index contributed by atoms with van der Waals surface area (Å²) in [4.78, 5) is 12.0. The van der Waals surface area contributed by atoms with E-state index in [1.165, 1.54) is 6.07 Å². The predicted molar refractivity (Wildman–Crippen MR) is 94.2 cm³/mol. The number of benzene rings is 2. The van der Waals surface area contributed by atoms with Crippen molar-refractivity contribution in [3.63, 3.8) is 0 Å². The first-order chi connectivity index (χ1) is 11.6. The Morgan fingerprint density at radius 2 is 1.42 bits per heavy atom. The molecular formula is C15H13KO9S. The molecule has 0 atom stereocenters. The number of rotatable bonds is 1. The molecule has 0 saturated carbocycles. The van der Waals surface area contributed by atoms with E-state index in [2.05, 4.69) is 0 Å². The minimum absolute atomic E-state index is 0. The van der Waals surface area contributed by atoms with E-state index in [0.29, 0.717) is 11.3 Å². The number of aromatic hydroxyl groups is 3. The van der Waals surface area contributed by atoms with Crippen LogP contribution in [-0.4, -0.2) is 84.2 Å². The average molecular weight is 408 g/mol. The Bertz CT molecular complexity index is 1070. The maximum atomic E-state index is 12.0. The molecule has 0 bridgehead atoms. The summed E-state index contributed by atoms with van der Waals surface area (Å²) in [5.74, 6) is -1.67. The van der Waals surface area contributed by atoms with E-state index in [1.54, 1.807) is 24.3 Å². The van der Waals surface area contributed by atoms with Crippen molar-refractivity contribution in [3.8, 4) is 28.6 Å². The third kappa shape index (κ3) is 5.79. The average Bonchev–Trinajstić information content (AvgIpc) is 2.51. The van der Waals surface area contributed by atoms with E-state index in [-0.39, 0.29) is 62.4 Å². The van der Waals surface area contributed by atoms with E-state index in [0.717, 1.165) is 6.07 Å². The summed E-state index contributed by atoms with van der Waals surface area (Å²) >= 11 is 0. The second kappa shape index (κ2) is 8.97. The predicted octanol–water partition coefficient (Wildman–Crippen LogP) is 1.28. The number of phenols is 3. The minimum atomic E-state index is -4.67.